The van der Waals surface area contributed by atoms with Gasteiger partial charge in [0.1, 0.15) is 5.69 Å². The molecule has 0 bridgehead atoms. The van der Waals surface area contributed by atoms with E-state index >= 15 is 0 Å². The molecule has 19 heavy (non-hydrogen) atoms. The molecule has 0 radical (unpaired) electrons. The number of thiophene rings is 1. The highest BCUT2D eigenvalue weighted by atomic mass is 79.9. The molecule has 0 aromatic carbocycles. The van der Waals surface area contributed by atoms with Crippen molar-refractivity contribution in [2.75, 3.05) is 0 Å². The second kappa shape index (κ2) is 6.59. The standard InChI is InChI=1S/C13H14BrClN2OS/c1-2-5-17-8-9(15)6-11(17)13(18)16-7-10-3-4-12(14)19-10/h3-4,6,8H,2,5,7H2,1H3,(H,16,18). The van der Waals surface area contributed by atoms with Gasteiger partial charge >= 0.3 is 0 Å². The minimum Gasteiger partial charge on any atom is -0.346 e. The number of hydrogen-bond acceptors (Lipinski definition) is 2. The predicted molar refractivity (Wildman–Crippen MR) is 82.9 cm³/mol. The number of nitrogens with zero attached hydrogens (tertiary/aromatic N) is 1. The van der Waals surface area contributed by atoms with Crippen molar-refractivity contribution in [3.63, 3.8) is 0 Å². The lowest BCUT2D eigenvalue weighted by atomic mass is 10.3. The van der Waals surface area contributed by atoms with E-state index in [1.165, 1.54) is 0 Å². The summed E-state index contributed by atoms with van der Waals surface area (Å²) in [7, 11) is 0. The molecule has 0 aliphatic carbocycles. The van der Waals surface area contributed by atoms with Crippen molar-refractivity contribution < 1.29 is 4.79 Å². The van der Waals surface area contributed by atoms with E-state index in [1.807, 2.05) is 16.7 Å². The van der Waals surface area contributed by atoms with Crippen molar-refractivity contribution in [3.05, 3.63) is 43.8 Å². The maximum atomic E-state index is 12.1. The van der Waals surface area contributed by atoms with Crippen LogP contribution in [0.4, 0.5) is 0 Å². The van der Waals surface area contributed by atoms with Crippen LogP contribution in [0.2, 0.25) is 5.02 Å². The van der Waals surface area contributed by atoms with Crippen LogP contribution in [0.3, 0.4) is 0 Å². The summed E-state index contributed by atoms with van der Waals surface area (Å²) in [4.78, 5) is 13.2. The van der Waals surface area contributed by atoms with E-state index in [4.69, 9.17) is 11.6 Å². The Labute approximate surface area is 129 Å². The highest BCUT2D eigenvalue weighted by Gasteiger charge is 2.12. The van der Waals surface area contributed by atoms with E-state index in [-0.39, 0.29) is 5.91 Å². The van der Waals surface area contributed by atoms with Crippen LogP contribution >= 0.6 is 38.9 Å². The van der Waals surface area contributed by atoms with Crippen molar-refractivity contribution in [2.45, 2.75) is 26.4 Å². The Hall–Kier alpha value is -0.780. The van der Waals surface area contributed by atoms with Gasteiger partial charge in [0, 0.05) is 17.6 Å². The molecule has 0 saturated heterocycles. The van der Waals surface area contributed by atoms with Crippen molar-refractivity contribution in [3.8, 4) is 0 Å². The number of rotatable bonds is 5. The lowest BCUT2D eigenvalue weighted by Crippen LogP contribution is -2.25. The number of carbonyl (C=O) groups is 1. The Kier molecular flexibility index (Phi) is 5.07. The number of amides is 1. The van der Waals surface area contributed by atoms with Crippen molar-refractivity contribution >= 4 is 44.8 Å². The highest BCUT2D eigenvalue weighted by molar-refractivity contribution is 9.11. The topological polar surface area (TPSA) is 34.0 Å². The number of nitrogens with one attached hydrogen (secondary N) is 1. The van der Waals surface area contributed by atoms with Crippen molar-refractivity contribution in [1.82, 2.24) is 9.88 Å². The van der Waals surface area contributed by atoms with Crippen LogP contribution in [0.25, 0.3) is 0 Å². The van der Waals surface area contributed by atoms with E-state index < -0.39 is 0 Å². The second-order valence-electron chi connectivity index (χ2n) is 4.13. The number of halogens is 2. The van der Waals surface area contributed by atoms with Crippen LogP contribution in [0, 0.1) is 0 Å². The summed E-state index contributed by atoms with van der Waals surface area (Å²) >= 11 is 11.0. The van der Waals surface area contributed by atoms with Crippen LogP contribution in [-0.2, 0) is 13.1 Å². The average Bonchev–Trinajstić information content (AvgIpc) is 2.93. The van der Waals surface area contributed by atoms with Gasteiger partial charge in [0.15, 0.2) is 0 Å². The normalized spacial score (nSPS) is 10.7. The first kappa shape index (κ1) is 14.6. The Bertz CT molecular complexity index is 579. The van der Waals surface area contributed by atoms with Crippen LogP contribution in [0.5, 0.6) is 0 Å². The van der Waals surface area contributed by atoms with Gasteiger partial charge < -0.3 is 9.88 Å². The average molecular weight is 362 g/mol. The monoisotopic (exact) mass is 360 g/mol. The van der Waals surface area contributed by atoms with Gasteiger partial charge in [-0.2, -0.15) is 0 Å². The molecule has 6 heteroatoms. The summed E-state index contributed by atoms with van der Waals surface area (Å²) in [6.07, 6.45) is 2.75. The largest absolute Gasteiger partial charge is 0.346 e. The van der Waals surface area contributed by atoms with Crippen LogP contribution in [0.15, 0.2) is 28.2 Å². The molecule has 0 atom stereocenters. The SMILES string of the molecule is CCCn1cc(Cl)cc1C(=O)NCc1ccc(Br)s1. The summed E-state index contributed by atoms with van der Waals surface area (Å²) in [6, 6.07) is 5.67. The third kappa shape index (κ3) is 3.84. The van der Waals surface area contributed by atoms with E-state index in [0.717, 1.165) is 21.6 Å². The zero-order valence-corrected chi connectivity index (χ0v) is 13.6. The third-order valence-corrected chi connectivity index (χ3v) is 4.44. The smallest absolute Gasteiger partial charge is 0.268 e. The molecule has 2 aromatic rings. The molecule has 3 nitrogen and oxygen atoms in total. The molecule has 0 aliphatic heterocycles. The molecule has 1 amide bonds. The van der Waals surface area contributed by atoms with Gasteiger partial charge in [-0.25, -0.2) is 0 Å². The first-order valence-electron chi connectivity index (χ1n) is 5.98. The van der Waals surface area contributed by atoms with Gasteiger partial charge in [-0.1, -0.05) is 18.5 Å². The highest BCUT2D eigenvalue weighted by Crippen LogP contribution is 2.22. The number of aryl methyl sites for hydroxylation is 1. The minimum atomic E-state index is -0.0927. The number of aromatic nitrogens is 1. The van der Waals surface area contributed by atoms with Gasteiger partial charge in [0.2, 0.25) is 0 Å². The molecule has 0 unspecified atom stereocenters. The second-order valence-corrected chi connectivity index (χ2v) is 7.11. The fourth-order valence-electron chi connectivity index (χ4n) is 1.80. The predicted octanol–water partition coefficient (Wildman–Crippen LogP) is 4.31. The first-order chi connectivity index (χ1) is 9.10. The minimum absolute atomic E-state index is 0.0927. The lowest BCUT2D eigenvalue weighted by Gasteiger charge is -2.07. The molecule has 0 spiro atoms. The summed E-state index contributed by atoms with van der Waals surface area (Å²) in [5.74, 6) is -0.0927. The Morgan fingerprint density at radius 1 is 1.53 bits per heavy atom. The Morgan fingerprint density at radius 3 is 2.95 bits per heavy atom. The molecule has 102 valence electrons. The summed E-state index contributed by atoms with van der Waals surface area (Å²) in [5.41, 5.74) is 0.613. The van der Waals surface area contributed by atoms with Gasteiger partial charge in [0.25, 0.3) is 5.91 Å². The zero-order chi connectivity index (χ0) is 13.8. The molecule has 2 rings (SSSR count). The molecule has 0 saturated carbocycles. The lowest BCUT2D eigenvalue weighted by molar-refractivity contribution is 0.0942. The molecular formula is C13H14BrClN2OS. The van der Waals surface area contributed by atoms with Gasteiger partial charge in [-0.15, -0.1) is 11.3 Å². The molecule has 2 aromatic heterocycles. The van der Waals surface area contributed by atoms with E-state index in [1.54, 1.807) is 23.6 Å². The molecular weight excluding hydrogens is 348 g/mol. The third-order valence-electron chi connectivity index (χ3n) is 2.61. The fraction of sp³-hybridized carbons (Fsp3) is 0.308. The van der Waals surface area contributed by atoms with Gasteiger partial charge in [-0.05, 0) is 40.5 Å². The summed E-state index contributed by atoms with van der Waals surface area (Å²) < 4.78 is 2.95. The fourth-order valence-corrected chi connectivity index (χ4v) is 3.44. The molecule has 0 fully saturated rings. The maximum absolute atomic E-state index is 12.1. The molecule has 1 N–H and O–H groups in total. The van der Waals surface area contributed by atoms with Crippen LogP contribution in [-0.4, -0.2) is 10.5 Å². The van der Waals surface area contributed by atoms with Crippen molar-refractivity contribution in [1.29, 1.82) is 0 Å². The van der Waals surface area contributed by atoms with E-state index in [9.17, 15) is 4.79 Å². The van der Waals surface area contributed by atoms with E-state index in [2.05, 4.69) is 28.2 Å². The maximum Gasteiger partial charge on any atom is 0.268 e. The zero-order valence-electron chi connectivity index (χ0n) is 10.5. The van der Waals surface area contributed by atoms with Gasteiger partial charge in [0.05, 0.1) is 15.4 Å². The van der Waals surface area contributed by atoms with Crippen molar-refractivity contribution in [2.24, 2.45) is 0 Å². The number of hydrogen-bond donors (Lipinski definition) is 1. The van der Waals surface area contributed by atoms with Gasteiger partial charge in [-0.3, -0.25) is 4.79 Å². The van der Waals surface area contributed by atoms with Crippen LogP contribution < -0.4 is 5.32 Å². The summed E-state index contributed by atoms with van der Waals surface area (Å²) in [6.45, 7) is 3.39. The van der Waals surface area contributed by atoms with Crippen LogP contribution in [0.1, 0.15) is 28.7 Å². The summed E-state index contributed by atoms with van der Waals surface area (Å²) in [5, 5.41) is 3.51. The molecule has 0 aliphatic rings. The first-order valence-corrected chi connectivity index (χ1v) is 7.97. The quantitative estimate of drug-likeness (QED) is 0.846. The molecule has 2 heterocycles. The number of carbonyl (C=O) groups excluding carboxylic acids is 1. The Balaban J connectivity index is 2.03. The van der Waals surface area contributed by atoms with E-state index in [0.29, 0.717) is 17.3 Å². The Morgan fingerprint density at radius 2 is 2.32 bits per heavy atom.